The largest absolute Gasteiger partial charge is 0.348 e. The SMILES string of the molecule is Cc1cc(C2CCC(c3cc(C)cn3C3CCCCC3)CC2)n(C2CCCCC2)c1. The van der Waals surface area contributed by atoms with Crippen LogP contribution in [0.1, 0.15) is 136 Å². The maximum absolute atomic E-state index is 2.72. The van der Waals surface area contributed by atoms with Crippen molar-refractivity contribution in [1.29, 1.82) is 0 Å². The predicted molar refractivity (Wildman–Crippen MR) is 127 cm³/mol. The van der Waals surface area contributed by atoms with E-state index in [9.17, 15) is 0 Å². The summed E-state index contributed by atoms with van der Waals surface area (Å²) in [6.07, 6.45) is 24.6. The number of rotatable bonds is 4. The van der Waals surface area contributed by atoms with Gasteiger partial charge in [0.05, 0.1) is 0 Å². The first-order valence-electron chi connectivity index (χ1n) is 13.1. The topological polar surface area (TPSA) is 9.86 Å². The second-order valence-corrected chi connectivity index (χ2v) is 10.8. The van der Waals surface area contributed by atoms with Gasteiger partial charge in [0.1, 0.15) is 0 Å². The molecule has 2 heterocycles. The van der Waals surface area contributed by atoms with Crippen molar-refractivity contribution in [2.45, 2.75) is 128 Å². The maximum atomic E-state index is 2.72. The van der Waals surface area contributed by atoms with Crippen LogP contribution >= 0.6 is 0 Å². The van der Waals surface area contributed by atoms with Crippen molar-refractivity contribution in [2.75, 3.05) is 0 Å². The lowest BCUT2D eigenvalue weighted by atomic mass is 9.78. The van der Waals surface area contributed by atoms with Gasteiger partial charge in [-0.3, -0.25) is 0 Å². The summed E-state index contributed by atoms with van der Waals surface area (Å²) in [5.74, 6) is 1.55. The second kappa shape index (κ2) is 8.97. The molecular formula is C28H42N2. The molecule has 0 unspecified atom stereocenters. The van der Waals surface area contributed by atoms with Gasteiger partial charge in [-0.05, 0) is 100 Å². The standard InChI is InChI=1S/C28H42N2/c1-21-17-27(29(19-21)25-9-5-3-6-10-25)23-13-15-24(16-14-23)28-18-22(2)20-30(28)26-11-7-4-8-12-26/h17-20,23-26H,3-16H2,1-2H3. The highest BCUT2D eigenvalue weighted by atomic mass is 15.0. The summed E-state index contributed by atoms with van der Waals surface area (Å²) in [7, 11) is 0. The van der Waals surface area contributed by atoms with Crippen molar-refractivity contribution in [3.8, 4) is 0 Å². The van der Waals surface area contributed by atoms with Gasteiger partial charge in [0.15, 0.2) is 0 Å². The Labute approximate surface area is 184 Å². The van der Waals surface area contributed by atoms with Crippen LogP contribution in [0.2, 0.25) is 0 Å². The molecule has 2 nitrogen and oxygen atoms in total. The molecule has 0 aromatic carbocycles. The van der Waals surface area contributed by atoms with E-state index >= 15 is 0 Å². The fourth-order valence-electron chi connectivity index (χ4n) is 6.97. The Morgan fingerprint density at radius 1 is 0.533 bits per heavy atom. The summed E-state index contributed by atoms with van der Waals surface area (Å²) in [6, 6.07) is 6.58. The molecule has 3 aliphatic rings. The Bertz CT molecular complexity index is 751. The van der Waals surface area contributed by atoms with E-state index in [4.69, 9.17) is 0 Å². The summed E-state index contributed by atoms with van der Waals surface area (Å²) in [5, 5.41) is 0. The minimum absolute atomic E-state index is 0.770. The minimum Gasteiger partial charge on any atom is -0.348 e. The van der Waals surface area contributed by atoms with Gasteiger partial charge < -0.3 is 9.13 Å². The van der Waals surface area contributed by atoms with Crippen LogP contribution in [0, 0.1) is 13.8 Å². The molecule has 3 aliphatic carbocycles. The summed E-state index contributed by atoms with van der Waals surface area (Å²) in [6.45, 7) is 4.60. The fourth-order valence-corrected chi connectivity index (χ4v) is 6.97. The van der Waals surface area contributed by atoms with Crippen LogP contribution in [0.15, 0.2) is 24.5 Å². The molecule has 0 saturated heterocycles. The van der Waals surface area contributed by atoms with Gasteiger partial charge in [-0.2, -0.15) is 0 Å². The van der Waals surface area contributed by atoms with Crippen molar-refractivity contribution < 1.29 is 0 Å². The number of hydrogen-bond acceptors (Lipinski definition) is 0. The van der Waals surface area contributed by atoms with Crippen LogP contribution in [0.4, 0.5) is 0 Å². The van der Waals surface area contributed by atoms with Gasteiger partial charge in [-0.25, -0.2) is 0 Å². The van der Waals surface area contributed by atoms with Gasteiger partial charge in [0, 0.05) is 35.9 Å². The van der Waals surface area contributed by atoms with E-state index in [1.165, 1.54) is 101 Å². The summed E-state index contributed by atoms with van der Waals surface area (Å²) in [5.41, 5.74) is 6.27. The van der Waals surface area contributed by atoms with Gasteiger partial charge in [-0.15, -0.1) is 0 Å². The molecular weight excluding hydrogens is 364 g/mol. The van der Waals surface area contributed by atoms with Gasteiger partial charge >= 0.3 is 0 Å². The third kappa shape index (κ3) is 4.16. The van der Waals surface area contributed by atoms with E-state index in [2.05, 4.69) is 47.5 Å². The average Bonchev–Trinajstić information content (AvgIpc) is 3.38. The van der Waals surface area contributed by atoms with Crippen LogP contribution in [-0.2, 0) is 0 Å². The number of nitrogens with zero attached hydrogens (tertiary/aromatic N) is 2. The number of aromatic nitrogens is 2. The summed E-state index contributed by atoms with van der Waals surface area (Å²) < 4.78 is 5.43. The monoisotopic (exact) mass is 406 g/mol. The zero-order valence-corrected chi connectivity index (χ0v) is 19.4. The molecule has 164 valence electrons. The van der Waals surface area contributed by atoms with Gasteiger partial charge in [0.25, 0.3) is 0 Å². The predicted octanol–water partition coefficient (Wildman–Crippen LogP) is 8.36. The lowest BCUT2D eigenvalue weighted by molar-refractivity contribution is 0.310. The molecule has 3 fully saturated rings. The smallest absolute Gasteiger partial charge is 0.0333 e. The molecule has 3 saturated carbocycles. The Kier molecular flexibility index (Phi) is 6.12. The van der Waals surface area contributed by atoms with Gasteiger partial charge in [-0.1, -0.05) is 38.5 Å². The normalized spacial score (nSPS) is 26.9. The lowest BCUT2D eigenvalue weighted by Gasteiger charge is -2.34. The van der Waals surface area contributed by atoms with E-state index in [0.717, 1.165) is 23.9 Å². The quantitative estimate of drug-likeness (QED) is 0.482. The third-order valence-electron chi connectivity index (χ3n) is 8.53. The van der Waals surface area contributed by atoms with Crippen molar-refractivity contribution in [3.05, 3.63) is 47.0 Å². The van der Waals surface area contributed by atoms with Crippen LogP contribution < -0.4 is 0 Å². The molecule has 2 aromatic heterocycles. The third-order valence-corrected chi connectivity index (χ3v) is 8.53. The highest BCUT2D eigenvalue weighted by Gasteiger charge is 2.30. The van der Waals surface area contributed by atoms with E-state index in [1.54, 1.807) is 11.4 Å². The first-order valence-corrected chi connectivity index (χ1v) is 13.1. The van der Waals surface area contributed by atoms with Crippen molar-refractivity contribution in [3.63, 3.8) is 0 Å². The molecule has 0 radical (unpaired) electrons. The second-order valence-electron chi connectivity index (χ2n) is 10.8. The van der Waals surface area contributed by atoms with Gasteiger partial charge in [0.2, 0.25) is 0 Å². The van der Waals surface area contributed by atoms with E-state index in [-0.39, 0.29) is 0 Å². The zero-order valence-electron chi connectivity index (χ0n) is 19.4. The van der Waals surface area contributed by atoms with E-state index in [0.29, 0.717) is 0 Å². The Morgan fingerprint density at radius 3 is 1.27 bits per heavy atom. The molecule has 0 amide bonds. The summed E-state index contributed by atoms with van der Waals surface area (Å²) >= 11 is 0. The lowest BCUT2D eigenvalue weighted by Crippen LogP contribution is -2.21. The van der Waals surface area contributed by atoms with Crippen LogP contribution in [0.5, 0.6) is 0 Å². The van der Waals surface area contributed by atoms with E-state index in [1.807, 2.05) is 0 Å². The van der Waals surface area contributed by atoms with Crippen LogP contribution in [-0.4, -0.2) is 9.13 Å². The highest BCUT2D eigenvalue weighted by molar-refractivity contribution is 5.26. The molecule has 0 bridgehead atoms. The number of aryl methyl sites for hydroxylation is 2. The molecule has 2 aromatic rings. The minimum atomic E-state index is 0.770. The fraction of sp³-hybridized carbons (Fsp3) is 0.714. The number of hydrogen-bond donors (Lipinski definition) is 0. The van der Waals surface area contributed by atoms with Crippen LogP contribution in [0.25, 0.3) is 0 Å². The van der Waals surface area contributed by atoms with E-state index < -0.39 is 0 Å². The van der Waals surface area contributed by atoms with Crippen LogP contribution in [0.3, 0.4) is 0 Å². The molecule has 5 rings (SSSR count). The summed E-state index contributed by atoms with van der Waals surface area (Å²) in [4.78, 5) is 0. The molecule has 0 aliphatic heterocycles. The van der Waals surface area contributed by atoms with Crippen molar-refractivity contribution in [1.82, 2.24) is 9.13 Å². The first kappa shape index (κ1) is 20.5. The molecule has 0 atom stereocenters. The molecule has 30 heavy (non-hydrogen) atoms. The van der Waals surface area contributed by atoms with Crippen molar-refractivity contribution in [2.24, 2.45) is 0 Å². The Balaban J connectivity index is 1.30. The zero-order chi connectivity index (χ0) is 20.5. The van der Waals surface area contributed by atoms with Crippen molar-refractivity contribution >= 4 is 0 Å². The molecule has 0 spiro atoms. The molecule has 2 heteroatoms. The highest BCUT2D eigenvalue weighted by Crippen LogP contribution is 2.44. The Morgan fingerprint density at radius 2 is 0.900 bits per heavy atom. The molecule has 0 N–H and O–H groups in total. The first-order chi connectivity index (χ1) is 14.7. The average molecular weight is 407 g/mol. The Hall–Kier alpha value is -1.44. The maximum Gasteiger partial charge on any atom is 0.0333 e.